The number of hydrogen-bond acceptors (Lipinski definition) is 3. The van der Waals surface area contributed by atoms with Gasteiger partial charge in [-0.05, 0) is 30.9 Å². The van der Waals surface area contributed by atoms with E-state index in [9.17, 15) is 9.90 Å². The first-order valence-corrected chi connectivity index (χ1v) is 6.78. The van der Waals surface area contributed by atoms with Crippen LogP contribution in [0.1, 0.15) is 36.5 Å². The van der Waals surface area contributed by atoms with Crippen LogP contribution in [0.15, 0.2) is 24.3 Å². The van der Waals surface area contributed by atoms with Gasteiger partial charge in [-0.1, -0.05) is 24.3 Å². The van der Waals surface area contributed by atoms with Crippen LogP contribution in [0.25, 0.3) is 0 Å². The van der Waals surface area contributed by atoms with Crippen LogP contribution in [-0.4, -0.2) is 30.3 Å². The fraction of sp³-hybridized carbons (Fsp3) is 0.533. The third-order valence-corrected chi connectivity index (χ3v) is 3.48. The van der Waals surface area contributed by atoms with Gasteiger partial charge in [0.25, 0.3) is 0 Å². The number of aliphatic hydroxyl groups is 1. The highest BCUT2D eigenvalue weighted by atomic mass is 16.5. The number of rotatable bonds is 5. The van der Waals surface area contributed by atoms with Gasteiger partial charge in [0.2, 0.25) is 5.91 Å². The van der Waals surface area contributed by atoms with Gasteiger partial charge in [0, 0.05) is 13.2 Å². The Balaban J connectivity index is 1.78. The summed E-state index contributed by atoms with van der Waals surface area (Å²) in [4.78, 5) is 11.7. The molecule has 4 heteroatoms. The van der Waals surface area contributed by atoms with Gasteiger partial charge in [0.15, 0.2) is 0 Å². The number of carbonyl (C=O) groups is 1. The van der Waals surface area contributed by atoms with Gasteiger partial charge in [-0.15, -0.1) is 0 Å². The predicted octanol–water partition coefficient (Wildman–Crippen LogP) is 1.71. The van der Waals surface area contributed by atoms with E-state index >= 15 is 0 Å². The number of nitrogens with one attached hydrogen (secondary N) is 1. The molecular weight excluding hydrogens is 242 g/mol. The van der Waals surface area contributed by atoms with Crippen LogP contribution in [0.2, 0.25) is 0 Å². The van der Waals surface area contributed by atoms with Crippen LogP contribution in [0.3, 0.4) is 0 Å². The lowest BCUT2D eigenvalue weighted by atomic mass is 10.0. The van der Waals surface area contributed by atoms with Crippen molar-refractivity contribution in [3.8, 4) is 0 Å². The Morgan fingerprint density at radius 1 is 1.53 bits per heavy atom. The van der Waals surface area contributed by atoms with E-state index in [1.54, 1.807) is 0 Å². The van der Waals surface area contributed by atoms with Gasteiger partial charge in [-0.25, -0.2) is 0 Å². The molecule has 0 bridgehead atoms. The molecule has 1 aliphatic heterocycles. The number of carbonyl (C=O) groups excluding carboxylic acids is 1. The van der Waals surface area contributed by atoms with Crippen molar-refractivity contribution in [1.82, 2.24) is 5.32 Å². The van der Waals surface area contributed by atoms with Crippen molar-refractivity contribution >= 4 is 5.91 Å². The summed E-state index contributed by atoms with van der Waals surface area (Å²) in [6.45, 7) is 2.95. The van der Waals surface area contributed by atoms with Crippen molar-refractivity contribution in [2.45, 2.75) is 38.4 Å². The van der Waals surface area contributed by atoms with Crippen LogP contribution in [0.4, 0.5) is 0 Å². The first kappa shape index (κ1) is 14.0. The van der Waals surface area contributed by atoms with E-state index in [-0.39, 0.29) is 18.6 Å². The lowest BCUT2D eigenvalue weighted by Crippen LogP contribution is -2.31. The fourth-order valence-electron chi connectivity index (χ4n) is 2.37. The highest BCUT2D eigenvalue weighted by Crippen LogP contribution is 2.17. The molecule has 2 N–H and O–H groups in total. The minimum Gasteiger partial charge on any atom is -0.387 e. The van der Waals surface area contributed by atoms with Crippen LogP contribution in [0.5, 0.6) is 0 Å². The SMILES string of the molecule is Cc1ccccc1C(O)CNC(=O)CC1CCCO1. The first-order valence-electron chi connectivity index (χ1n) is 6.78. The molecule has 2 rings (SSSR count). The van der Waals surface area contributed by atoms with E-state index in [4.69, 9.17) is 4.74 Å². The second kappa shape index (κ2) is 6.68. The Morgan fingerprint density at radius 3 is 3.00 bits per heavy atom. The second-order valence-electron chi connectivity index (χ2n) is 5.02. The van der Waals surface area contributed by atoms with Crippen molar-refractivity contribution in [3.05, 3.63) is 35.4 Å². The first-order chi connectivity index (χ1) is 9.16. The summed E-state index contributed by atoms with van der Waals surface area (Å²) >= 11 is 0. The molecule has 1 amide bonds. The van der Waals surface area contributed by atoms with E-state index in [1.807, 2.05) is 31.2 Å². The van der Waals surface area contributed by atoms with Gasteiger partial charge in [0.1, 0.15) is 0 Å². The highest BCUT2D eigenvalue weighted by Gasteiger charge is 2.19. The standard InChI is InChI=1S/C15H21NO3/c1-11-5-2-3-7-13(11)14(17)10-16-15(18)9-12-6-4-8-19-12/h2-3,5,7,12,14,17H,4,6,8-10H2,1H3,(H,16,18). The Bertz CT molecular complexity index is 427. The molecule has 19 heavy (non-hydrogen) atoms. The minimum atomic E-state index is -0.658. The van der Waals surface area contributed by atoms with E-state index < -0.39 is 6.10 Å². The maximum absolute atomic E-state index is 11.7. The van der Waals surface area contributed by atoms with E-state index in [0.29, 0.717) is 6.42 Å². The van der Waals surface area contributed by atoms with Gasteiger partial charge in [0.05, 0.1) is 18.6 Å². The summed E-state index contributed by atoms with van der Waals surface area (Å²) in [6, 6.07) is 7.65. The normalized spacial score (nSPS) is 20.2. The number of amides is 1. The van der Waals surface area contributed by atoms with Crippen molar-refractivity contribution < 1.29 is 14.6 Å². The molecule has 1 saturated heterocycles. The molecule has 2 atom stereocenters. The molecule has 1 aliphatic rings. The van der Waals surface area contributed by atoms with Crippen LogP contribution >= 0.6 is 0 Å². The third kappa shape index (κ3) is 4.04. The van der Waals surface area contributed by atoms with E-state index in [2.05, 4.69) is 5.32 Å². The molecule has 1 fully saturated rings. The number of benzene rings is 1. The zero-order chi connectivity index (χ0) is 13.7. The van der Waals surface area contributed by atoms with Crippen LogP contribution in [-0.2, 0) is 9.53 Å². The minimum absolute atomic E-state index is 0.0515. The molecule has 0 aliphatic carbocycles. The fourth-order valence-corrected chi connectivity index (χ4v) is 2.37. The second-order valence-corrected chi connectivity index (χ2v) is 5.02. The van der Waals surface area contributed by atoms with Crippen LogP contribution in [0, 0.1) is 6.92 Å². The molecule has 1 aromatic carbocycles. The lowest BCUT2D eigenvalue weighted by molar-refractivity contribution is -0.123. The molecule has 104 valence electrons. The molecule has 2 unspecified atom stereocenters. The van der Waals surface area contributed by atoms with Gasteiger partial charge in [-0.3, -0.25) is 4.79 Å². The Morgan fingerprint density at radius 2 is 2.32 bits per heavy atom. The molecule has 1 heterocycles. The summed E-state index contributed by atoms with van der Waals surface area (Å²) in [5.41, 5.74) is 1.89. The number of ether oxygens (including phenoxy) is 1. The Hall–Kier alpha value is -1.39. The Kier molecular flexibility index (Phi) is 4.93. The van der Waals surface area contributed by atoms with Crippen LogP contribution < -0.4 is 5.32 Å². The monoisotopic (exact) mass is 263 g/mol. The molecule has 0 aromatic heterocycles. The maximum atomic E-state index is 11.7. The number of hydrogen-bond donors (Lipinski definition) is 2. The third-order valence-electron chi connectivity index (χ3n) is 3.48. The highest BCUT2D eigenvalue weighted by molar-refractivity contribution is 5.76. The molecule has 0 spiro atoms. The predicted molar refractivity (Wildman–Crippen MR) is 72.7 cm³/mol. The molecule has 0 saturated carbocycles. The summed E-state index contributed by atoms with van der Waals surface area (Å²) in [5, 5.41) is 12.8. The van der Waals surface area contributed by atoms with E-state index in [1.165, 1.54) is 0 Å². The average Bonchev–Trinajstić information content (AvgIpc) is 2.89. The summed E-state index contributed by atoms with van der Waals surface area (Å²) in [5.74, 6) is -0.0560. The zero-order valence-corrected chi connectivity index (χ0v) is 11.3. The smallest absolute Gasteiger partial charge is 0.222 e. The topological polar surface area (TPSA) is 58.6 Å². The summed E-state index contributed by atoms with van der Waals surface area (Å²) < 4.78 is 5.41. The van der Waals surface area contributed by atoms with Gasteiger partial charge >= 0.3 is 0 Å². The summed E-state index contributed by atoms with van der Waals surface area (Å²) in [6.07, 6.45) is 1.77. The van der Waals surface area contributed by atoms with Crippen molar-refractivity contribution in [2.75, 3.05) is 13.2 Å². The quantitative estimate of drug-likeness (QED) is 0.850. The largest absolute Gasteiger partial charge is 0.387 e. The van der Waals surface area contributed by atoms with Crippen molar-refractivity contribution in [2.24, 2.45) is 0 Å². The zero-order valence-electron chi connectivity index (χ0n) is 11.3. The van der Waals surface area contributed by atoms with Gasteiger partial charge in [-0.2, -0.15) is 0 Å². The molecular formula is C15H21NO3. The maximum Gasteiger partial charge on any atom is 0.222 e. The van der Waals surface area contributed by atoms with Gasteiger partial charge < -0.3 is 15.2 Å². The van der Waals surface area contributed by atoms with E-state index in [0.717, 1.165) is 30.6 Å². The van der Waals surface area contributed by atoms with Crippen molar-refractivity contribution in [3.63, 3.8) is 0 Å². The van der Waals surface area contributed by atoms with Crippen molar-refractivity contribution in [1.29, 1.82) is 0 Å². The molecule has 0 radical (unpaired) electrons. The Labute approximate surface area is 113 Å². The summed E-state index contributed by atoms with van der Waals surface area (Å²) in [7, 11) is 0. The molecule has 1 aromatic rings. The number of aliphatic hydroxyl groups excluding tert-OH is 1. The lowest BCUT2D eigenvalue weighted by Gasteiger charge is -2.15. The molecule has 4 nitrogen and oxygen atoms in total. The average molecular weight is 263 g/mol. The number of aryl methyl sites for hydroxylation is 1.